The van der Waals surface area contributed by atoms with Gasteiger partial charge in [0.25, 0.3) is 0 Å². The molecule has 2 N–H and O–H groups in total. The van der Waals surface area contributed by atoms with Crippen molar-refractivity contribution in [1.82, 2.24) is 4.98 Å². The second-order valence-corrected chi connectivity index (χ2v) is 2.24. The second kappa shape index (κ2) is 4.32. The summed E-state index contributed by atoms with van der Waals surface area (Å²) >= 11 is 0. The van der Waals surface area contributed by atoms with Gasteiger partial charge in [0.05, 0.1) is 11.9 Å². The van der Waals surface area contributed by atoms with Gasteiger partial charge >= 0.3 is 5.97 Å². The number of aliphatic carboxylic acids is 1. The molecule has 0 bridgehead atoms. The van der Waals surface area contributed by atoms with Gasteiger partial charge in [0.15, 0.2) is 0 Å². The summed E-state index contributed by atoms with van der Waals surface area (Å²) in [6.07, 6.45) is 1.04. The van der Waals surface area contributed by atoms with Crippen molar-refractivity contribution in [2.24, 2.45) is 4.99 Å². The lowest BCUT2D eigenvalue weighted by Crippen LogP contribution is -2.16. The molecule has 0 aliphatic carbocycles. The first-order valence-corrected chi connectivity index (χ1v) is 3.55. The highest BCUT2D eigenvalue weighted by molar-refractivity contribution is 5.80. The second-order valence-electron chi connectivity index (χ2n) is 2.24. The van der Waals surface area contributed by atoms with Crippen LogP contribution >= 0.6 is 0 Å². The molecule has 0 aromatic carbocycles. The Morgan fingerprint density at radius 3 is 2.92 bits per heavy atom. The highest BCUT2D eigenvalue weighted by Crippen LogP contribution is 1.90. The third kappa shape index (κ3) is 3.00. The van der Waals surface area contributed by atoms with Gasteiger partial charge in [-0.1, -0.05) is 6.07 Å². The molecule has 1 aromatic rings. The van der Waals surface area contributed by atoms with Crippen molar-refractivity contribution in [3.05, 3.63) is 30.1 Å². The first-order valence-electron chi connectivity index (χ1n) is 3.55. The molecule has 0 amide bonds. The van der Waals surface area contributed by atoms with Crippen LogP contribution in [0.25, 0.3) is 0 Å². The summed E-state index contributed by atoms with van der Waals surface area (Å²) in [6, 6.07) is 5.12. The first kappa shape index (κ1) is 9.34. The van der Waals surface area contributed by atoms with Crippen molar-refractivity contribution in [2.45, 2.75) is 6.23 Å². The standard InChI is InChI=1S/C8H8N2O3/c11-7(8(12)13)10-5-6-3-1-2-4-9-6/h1-5,7,11H,(H,12,13)/b10-5+. The van der Waals surface area contributed by atoms with Crippen LogP contribution in [0.15, 0.2) is 29.4 Å². The van der Waals surface area contributed by atoms with E-state index in [1.807, 2.05) is 0 Å². The van der Waals surface area contributed by atoms with Gasteiger partial charge in [-0.05, 0) is 12.1 Å². The molecule has 1 heterocycles. The highest BCUT2D eigenvalue weighted by Gasteiger charge is 2.08. The smallest absolute Gasteiger partial charge is 0.355 e. The molecule has 0 aliphatic heterocycles. The predicted molar refractivity (Wildman–Crippen MR) is 45.5 cm³/mol. The van der Waals surface area contributed by atoms with Gasteiger partial charge in [-0.15, -0.1) is 0 Å². The summed E-state index contributed by atoms with van der Waals surface area (Å²) in [4.78, 5) is 17.4. The summed E-state index contributed by atoms with van der Waals surface area (Å²) in [7, 11) is 0. The number of carbonyl (C=O) groups is 1. The van der Waals surface area contributed by atoms with Crippen LogP contribution < -0.4 is 0 Å². The quantitative estimate of drug-likeness (QED) is 0.636. The first-order chi connectivity index (χ1) is 6.20. The number of aromatic nitrogens is 1. The van der Waals surface area contributed by atoms with Gasteiger partial charge in [0, 0.05) is 6.20 Å². The lowest BCUT2D eigenvalue weighted by molar-refractivity contribution is -0.146. The van der Waals surface area contributed by atoms with E-state index in [9.17, 15) is 4.79 Å². The predicted octanol–water partition coefficient (Wildman–Crippen LogP) is -0.0965. The van der Waals surface area contributed by atoms with Gasteiger partial charge < -0.3 is 10.2 Å². The minimum atomic E-state index is -1.72. The molecule has 1 rings (SSSR count). The number of carboxylic acids is 1. The number of hydrogen-bond acceptors (Lipinski definition) is 4. The van der Waals surface area contributed by atoms with Crippen LogP contribution in [0.2, 0.25) is 0 Å². The van der Waals surface area contributed by atoms with Crippen LogP contribution in [-0.2, 0) is 4.79 Å². The molecule has 0 fully saturated rings. The van der Waals surface area contributed by atoms with Crippen LogP contribution in [0, 0.1) is 0 Å². The van der Waals surface area contributed by atoms with Gasteiger partial charge in [0.2, 0.25) is 6.23 Å². The Hall–Kier alpha value is -1.75. The van der Waals surface area contributed by atoms with Crippen molar-refractivity contribution >= 4 is 12.2 Å². The highest BCUT2D eigenvalue weighted by atomic mass is 16.4. The normalized spacial score (nSPS) is 13.0. The fourth-order valence-corrected chi connectivity index (χ4v) is 0.663. The molecule has 1 unspecified atom stereocenters. The van der Waals surface area contributed by atoms with Crippen LogP contribution in [-0.4, -0.2) is 33.6 Å². The van der Waals surface area contributed by atoms with Crippen LogP contribution in [0.3, 0.4) is 0 Å². The lowest BCUT2D eigenvalue weighted by atomic mass is 10.4. The van der Waals surface area contributed by atoms with Gasteiger partial charge in [-0.3, -0.25) is 4.98 Å². The van der Waals surface area contributed by atoms with E-state index >= 15 is 0 Å². The molecule has 1 aromatic heterocycles. The van der Waals surface area contributed by atoms with Crippen LogP contribution in [0.5, 0.6) is 0 Å². The number of nitrogens with zero attached hydrogens (tertiary/aromatic N) is 2. The molecule has 5 heteroatoms. The molecule has 68 valence electrons. The third-order valence-corrected chi connectivity index (χ3v) is 1.26. The fourth-order valence-electron chi connectivity index (χ4n) is 0.663. The number of aliphatic hydroxyl groups excluding tert-OH is 1. The maximum Gasteiger partial charge on any atom is 0.355 e. The molecule has 0 aliphatic rings. The summed E-state index contributed by atoms with van der Waals surface area (Å²) in [5, 5.41) is 17.0. The number of aliphatic imine (C=N–C) groups is 1. The third-order valence-electron chi connectivity index (χ3n) is 1.26. The molecule has 13 heavy (non-hydrogen) atoms. The number of hydrogen-bond donors (Lipinski definition) is 2. The number of rotatable bonds is 3. The minimum absolute atomic E-state index is 0.503. The Labute approximate surface area is 74.4 Å². The Kier molecular flexibility index (Phi) is 3.10. The lowest BCUT2D eigenvalue weighted by Gasteiger charge is -1.96. The molecule has 0 saturated heterocycles. The Bertz CT molecular complexity index is 310. The van der Waals surface area contributed by atoms with Crippen molar-refractivity contribution in [3.8, 4) is 0 Å². The molecule has 0 spiro atoms. The summed E-state index contributed by atoms with van der Waals surface area (Å²) in [5.41, 5.74) is 0.503. The topological polar surface area (TPSA) is 82.8 Å². The van der Waals surface area contributed by atoms with E-state index in [0.717, 1.165) is 0 Å². The van der Waals surface area contributed by atoms with Crippen LogP contribution in [0.1, 0.15) is 5.69 Å². The van der Waals surface area contributed by atoms with Crippen LogP contribution in [0.4, 0.5) is 0 Å². The van der Waals surface area contributed by atoms with Crippen molar-refractivity contribution in [2.75, 3.05) is 0 Å². The maximum atomic E-state index is 10.1. The Morgan fingerprint density at radius 1 is 1.62 bits per heavy atom. The van der Waals surface area contributed by atoms with Crippen molar-refractivity contribution in [1.29, 1.82) is 0 Å². The van der Waals surface area contributed by atoms with E-state index in [1.165, 1.54) is 6.21 Å². The zero-order valence-corrected chi connectivity index (χ0v) is 6.66. The number of pyridine rings is 1. The molecule has 5 nitrogen and oxygen atoms in total. The van der Waals surface area contributed by atoms with E-state index in [2.05, 4.69) is 9.98 Å². The minimum Gasteiger partial charge on any atom is -0.478 e. The summed E-state index contributed by atoms with van der Waals surface area (Å²) < 4.78 is 0. The van der Waals surface area contributed by atoms with E-state index in [-0.39, 0.29) is 0 Å². The Balaban J connectivity index is 2.64. The molecular weight excluding hydrogens is 172 g/mol. The average molecular weight is 180 g/mol. The average Bonchev–Trinajstić information content (AvgIpc) is 2.15. The van der Waals surface area contributed by atoms with Gasteiger partial charge in [-0.25, -0.2) is 9.79 Å². The largest absolute Gasteiger partial charge is 0.478 e. The van der Waals surface area contributed by atoms with E-state index < -0.39 is 12.2 Å². The molecule has 0 saturated carbocycles. The molecular formula is C8H8N2O3. The van der Waals surface area contributed by atoms with E-state index in [0.29, 0.717) is 5.69 Å². The van der Waals surface area contributed by atoms with Gasteiger partial charge in [-0.2, -0.15) is 0 Å². The summed E-state index contributed by atoms with van der Waals surface area (Å²) in [5.74, 6) is -1.38. The summed E-state index contributed by atoms with van der Waals surface area (Å²) in [6.45, 7) is 0. The number of aliphatic hydroxyl groups is 1. The SMILES string of the molecule is O=C(O)C(O)/N=C/c1ccccn1. The van der Waals surface area contributed by atoms with E-state index in [1.54, 1.807) is 24.4 Å². The monoisotopic (exact) mass is 180 g/mol. The van der Waals surface area contributed by atoms with Crippen molar-refractivity contribution in [3.63, 3.8) is 0 Å². The number of carboxylic acid groups (broad SMARTS) is 1. The van der Waals surface area contributed by atoms with E-state index in [4.69, 9.17) is 10.2 Å². The fraction of sp³-hybridized carbons (Fsp3) is 0.125. The maximum absolute atomic E-state index is 10.1. The van der Waals surface area contributed by atoms with Crippen molar-refractivity contribution < 1.29 is 15.0 Å². The molecule has 1 atom stereocenters. The van der Waals surface area contributed by atoms with Gasteiger partial charge in [0.1, 0.15) is 0 Å². The zero-order chi connectivity index (χ0) is 9.68. The molecule has 0 radical (unpaired) electrons. The Morgan fingerprint density at radius 2 is 2.38 bits per heavy atom. The zero-order valence-electron chi connectivity index (χ0n) is 6.66.